The summed E-state index contributed by atoms with van der Waals surface area (Å²) in [7, 11) is 2.05. The van der Waals surface area contributed by atoms with Gasteiger partial charge in [-0.1, -0.05) is 30.3 Å². The van der Waals surface area contributed by atoms with E-state index >= 15 is 0 Å². The van der Waals surface area contributed by atoms with Crippen LogP contribution in [0.25, 0.3) is 10.9 Å². The summed E-state index contributed by atoms with van der Waals surface area (Å²) in [5, 5.41) is 14.0. The molecule has 4 heteroatoms. The van der Waals surface area contributed by atoms with Crippen LogP contribution in [-0.2, 0) is 12.0 Å². The fourth-order valence-corrected chi connectivity index (χ4v) is 4.81. The van der Waals surface area contributed by atoms with Crippen LogP contribution in [-0.4, -0.2) is 23.7 Å². The first-order valence-corrected chi connectivity index (χ1v) is 9.82. The number of H-pyrrole nitrogens is 1. The van der Waals surface area contributed by atoms with Crippen molar-refractivity contribution >= 4 is 10.9 Å². The van der Waals surface area contributed by atoms with Crippen molar-refractivity contribution in [2.24, 2.45) is 0 Å². The molecule has 1 saturated carbocycles. The molecule has 0 bridgehead atoms. The van der Waals surface area contributed by atoms with Gasteiger partial charge in [0.05, 0.1) is 0 Å². The zero-order chi connectivity index (χ0) is 18.9. The SMILES string of the molecule is CNC1(c2ccccc2)CCC(c2[nH]c3ccc(F)cc3c2CCO)CC1. The van der Waals surface area contributed by atoms with Crippen LogP contribution in [0, 0.1) is 5.82 Å². The second-order valence-corrected chi connectivity index (χ2v) is 7.65. The van der Waals surface area contributed by atoms with E-state index < -0.39 is 0 Å². The van der Waals surface area contributed by atoms with E-state index in [4.69, 9.17) is 0 Å². The third-order valence-electron chi connectivity index (χ3n) is 6.32. The minimum atomic E-state index is -0.228. The number of hydrogen-bond acceptors (Lipinski definition) is 2. The van der Waals surface area contributed by atoms with Gasteiger partial charge >= 0.3 is 0 Å². The van der Waals surface area contributed by atoms with Crippen LogP contribution in [0.5, 0.6) is 0 Å². The maximum absolute atomic E-state index is 13.8. The summed E-state index contributed by atoms with van der Waals surface area (Å²) in [4.78, 5) is 3.53. The third kappa shape index (κ3) is 3.28. The zero-order valence-corrected chi connectivity index (χ0v) is 15.8. The highest BCUT2D eigenvalue weighted by Gasteiger charge is 2.36. The first-order chi connectivity index (χ1) is 13.2. The lowest BCUT2D eigenvalue weighted by Crippen LogP contribution is -2.43. The lowest BCUT2D eigenvalue weighted by atomic mass is 9.71. The highest BCUT2D eigenvalue weighted by atomic mass is 19.1. The number of fused-ring (bicyclic) bond motifs is 1. The molecule has 3 N–H and O–H groups in total. The Kier molecular flexibility index (Phi) is 5.02. The molecule has 1 aliphatic carbocycles. The molecular formula is C23H27FN2O. The van der Waals surface area contributed by atoms with Gasteiger partial charge < -0.3 is 15.4 Å². The maximum Gasteiger partial charge on any atom is 0.123 e. The number of hydrogen-bond donors (Lipinski definition) is 3. The molecule has 1 heterocycles. The molecule has 0 amide bonds. The average molecular weight is 366 g/mol. The first-order valence-electron chi connectivity index (χ1n) is 9.82. The Morgan fingerprint density at radius 1 is 1.15 bits per heavy atom. The predicted octanol–water partition coefficient (Wildman–Crippen LogP) is 4.61. The van der Waals surface area contributed by atoms with Crippen LogP contribution >= 0.6 is 0 Å². The van der Waals surface area contributed by atoms with Gasteiger partial charge in [-0.15, -0.1) is 0 Å². The Balaban J connectivity index is 1.64. The molecule has 142 valence electrons. The molecule has 1 aliphatic rings. The summed E-state index contributed by atoms with van der Waals surface area (Å²) in [6.07, 6.45) is 4.79. The summed E-state index contributed by atoms with van der Waals surface area (Å²) in [6, 6.07) is 15.6. The number of aromatic amines is 1. The van der Waals surface area contributed by atoms with Gasteiger partial charge in [0, 0.05) is 28.7 Å². The number of nitrogens with one attached hydrogen (secondary N) is 2. The maximum atomic E-state index is 13.8. The van der Waals surface area contributed by atoms with E-state index in [1.165, 1.54) is 17.3 Å². The van der Waals surface area contributed by atoms with Crippen molar-refractivity contribution < 1.29 is 9.50 Å². The van der Waals surface area contributed by atoms with E-state index in [9.17, 15) is 9.50 Å². The van der Waals surface area contributed by atoms with Crippen LogP contribution in [0.4, 0.5) is 4.39 Å². The van der Waals surface area contributed by atoms with Gasteiger partial charge in [-0.3, -0.25) is 0 Å². The summed E-state index contributed by atoms with van der Waals surface area (Å²) in [5.41, 5.74) is 4.59. The summed E-state index contributed by atoms with van der Waals surface area (Å²) in [5.74, 6) is 0.182. The lowest BCUT2D eigenvalue weighted by Gasteiger charge is -2.41. The number of benzene rings is 2. The number of aromatic nitrogens is 1. The number of rotatable bonds is 5. The van der Waals surface area contributed by atoms with E-state index in [0.717, 1.165) is 42.1 Å². The van der Waals surface area contributed by atoms with Crippen molar-refractivity contribution in [3.63, 3.8) is 0 Å². The van der Waals surface area contributed by atoms with Crippen LogP contribution in [0.3, 0.4) is 0 Å². The molecule has 0 atom stereocenters. The van der Waals surface area contributed by atoms with Crippen molar-refractivity contribution in [3.8, 4) is 0 Å². The van der Waals surface area contributed by atoms with E-state index in [0.29, 0.717) is 12.3 Å². The van der Waals surface area contributed by atoms with E-state index in [-0.39, 0.29) is 18.0 Å². The number of halogens is 1. The van der Waals surface area contributed by atoms with Gasteiger partial charge in [0.25, 0.3) is 0 Å². The topological polar surface area (TPSA) is 48.0 Å². The smallest absolute Gasteiger partial charge is 0.123 e. The average Bonchev–Trinajstić information content (AvgIpc) is 3.07. The molecule has 3 nitrogen and oxygen atoms in total. The van der Waals surface area contributed by atoms with Crippen LogP contribution in [0.2, 0.25) is 0 Å². The minimum Gasteiger partial charge on any atom is -0.396 e. The van der Waals surface area contributed by atoms with Crippen molar-refractivity contribution in [2.75, 3.05) is 13.7 Å². The van der Waals surface area contributed by atoms with Gasteiger partial charge in [0.15, 0.2) is 0 Å². The molecule has 0 radical (unpaired) electrons. The Labute approximate surface area is 159 Å². The van der Waals surface area contributed by atoms with Crippen LogP contribution < -0.4 is 5.32 Å². The fourth-order valence-electron chi connectivity index (χ4n) is 4.81. The van der Waals surface area contributed by atoms with Crippen molar-refractivity contribution in [1.29, 1.82) is 0 Å². The second-order valence-electron chi connectivity index (χ2n) is 7.65. The monoisotopic (exact) mass is 366 g/mol. The molecule has 0 saturated heterocycles. The molecule has 1 aromatic heterocycles. The van der Waals surface area contributed by atoms with Gasteiger partial charge in [0.1, 0.15) is 5.82 Å². The van der Waals surface area contributed by atoms with E-state index in [2.05, 4.69) is 47.7 Å². The molecule has 4 rings (SSSR count). The predicted molar refractivity (Wildman–Crippen MR) is 107 cm³/mol. The Morgan fingerprint density at radius 3 is 2.56 bits per heavy atom. The quantitative estimate of drug-likeness (QED) is 0.617. The molecule has 1 fully saturated rings. The van der Waals surface area contributed by atoms with E-state index in [1.807, 2.05) is 0 Å². The Hall–Kier alpha value is -2.17. The number of aliphatic hydroxyl groups is 1. The molecular weight excluding hydrogens is 339 g/mol. The lowest BCUT2D eigenvalue weighted by molar-refractivity contribution is 0.229. The molecule has 0 aliphatic heterocycles. The highest BCUT2D eigenvalue weighted by Crippen LogP contribution is 2.44. The second kappa shape index (κ2) is 7.45. The minimum absolute atomic E-state index is 0.0209. The van der Waals surface area contributed by atoms with Crippen molar-refractivity contribution in [2.45, 2.75) is 43.6 Å². The molecule has 3 aromatic rings. The fraction of sp³-hybridized carbons (Fsp3) is 0.391. The molecule has 0 unspecified atom stereocenters. The zero-order valence-electron chi connectivity index (χ0n) is 15.8. The summed E-state index contributed by atoms with van der Waals surface area (Å²) in [6.45, 7) is 0.0770. The summed E-state index contributed by atoms with van der Waals surface area (Å²) >= 11 is 0. The van der Waals surface area contributed by atoms with Crippen LogP contribution in [0.15, 0.2) is 48.5 Å². The normalized spacial score (nSPS) is 23.0. The summed E-state index contributed by atoms with van der Waals surface area (Å²) < 4.78 is 13.8. The van der Waals surface area contributed by atoms with Crippen molar-refractivity contribution in [3.05, 3.63) is 71.2 Å². The van der Waals surface area contributed by atoms with Crippen LogP contribution in [0.1, 0.15) is 48.4 Å². The Morgan fingerprint density at radius 2 is 1.89 bits per heavy atom. The van der Waals surface area contributed by atoms with Gasteiger partial charge in [-0.05, 0) is 74.4 Å². The molecule has 2 aromatic carbocycles. The standard InChI is InChI=1S/C23H27FN2O/c1-25-23(17-5-3-2-4-6-17)12-9-16(10-13-23)22-19(11-14-27)20-15-18(24)7-8-21(20)26-22/h2-8,15-16,25-27H,9-14H2,1H3. The first kappa shape index (κ1) is 18.2. The van der Waals surface area contributed by atoms with E-state index in [1.54, 1.807) is 12.1 Å². The Bertz CT molecular complexity index is 911. The molecule has 0 spiro atoms. The molecule has 27 heavy (non-hydrogen) atoms. The van der Waals surface area contributed by atoms with Crippen molar-refractivity contribution in [1.82, 2.24) is 10.3 Å². The highest BCUT2D eigenvalue weighted by molar-refractivity contribution is 5.85. The van der Waals surface area contributed by atoms with Gasteiger partial charge in [0.2, 0.25) is 0 Å². The van der Waals surface area contributed by atoms with Gasteiger partial charge in [-0.25, -0.2) is 4.39 Å². The number of aliphatic hydroxyl groups excluding tert-OH is 1. The van der Waals surface area contributed by atoms with Gasteiger partial charge in [-0.2, -0.15) is 0 Å². The third-order valence-corrected chi connectivity index (χ3v) is 6.32. The largest absolute Gasteiger partial charge is 0.396 e.